The normalized spacial score (nSPS) is 22.0. The van der Waals surface area contributed by atoms with Crippen LogP contribution in [0.1, 0.15) is 18.0 Å². The van der Waals surface area contributed by atoms with Crippen LogP contribution in [0.15, 0.2) is 28.7 Å². The molecule has 1 aliphatic heterocycles. The van der Waals surface area contributed by atoms with Crippen molar-refractivity contribution in [2.45, 2.75) is 12.5 Å². The van der Waals surface area contributed by atoms with Crippen LogP contribution in [0.5, 0.6) is 0 Å². The molecule has 0 aromatic heterocycles. The highest BCUT2D eigenvalue weighted by Crippen LogP contribution is 2.33. The highest BCUT2D eigenvalue weighted by Gasteiger charge is 2.28. The van der Waals surface area contributed by atoms with Gasteiger partial charge >= 0.3 is 0 Å². The summed E-state index contributed by atoms with van der Waals surface area (Å²) in [6.07, 6.45) is 1.26. The van der Waals surface area contributed by atoms with Gasteiger partial charge in [-0.3, -0.25) is 4.90 Å². The van der Waals surface area contributed by atoms with E-state index in [-0.39, 0.29) is 0 Å². The molecule has 0 spiro atoms. The molecule has 2 rings (SSSR count). The molecule has 1 aromatic carbocycles. The quantitative estimate of drug-likeness (QED) is 0.896. The lowest BCUT2D eigenvalue weighted by molar-refractivity contribution is 0.0950. The summed E-state index contributed by atoms with van der Waals surface area (Å²) >= 11 is 3.50. The van der Waals surface area contributed by atoms with Crippen LogP contribution in [0, 0.1) is 0 Å². The molecule has 0 aliphatic carbocycles. The van der Waals surface area contributed by atoms with E-state index < -0.39 is 0 Å². The smallest absolute Gasteiger partial charge is 0.0361 e. The van der Waals surface area contributed by atoms with Crippen LogP contribution in [-0.4, -0.2) is 24.5 Å². The molecule has 1 saturated heterocycles. The molecular formula is C11H15BrN2. The van der Waals surface area contributed by atoms with Crippen LogP contribution in [0.3, 0.4) is 0 Å². The summed E-state index contributed by atoms with van der Waals surface area (Å²) in [7, 11) is 0. The van der Waals surface area contributed by atoms with E-state index in [0.29, 0.717) is 6.04 Å². The number of nitrogens with two attached hydrogens (primary N) is 1. The number of benzene rings is 1. The number of rotatable bonds is 3. The van der Waals surface area contributed by atoms with Crippen molar-refractivity contribution < 1.29 is 0 Å². The molecule has 76 valence electrons. The third kappa shape index (κ3) is 2.00. The predicted molar refractivity (Wildman–Crippen MR) is 62.1 cm³/mol. The van der Waals surface area contributed by atoms with E-state index >= 15 is 0 Å². The third-order valence-corrected chi connectivity index (χ3v) is 3.27. The zero-order valence-electron chi connectivity index (χ0n) is 8.12. The van der Waals surface area contributed by atoms with Gasteiger partial charge in [0.15, 0.2) is 0 Å². The topological polar surface area (TPSA) is 29.3 Å². The van der Waals surface area contributed by atoms with Gasteiger partial charge in [0.1, 0.15) is 0 Å². The fourth-order valence-corrected chi connectivity index (χ4v) is 2.38. The highest BCUT2D eigenvalue weighted by molar-refractivity contribution is 9.10. The molecule has 0 saturated carbocycles. The average molecular weight is 255 g/mol. The van der Waals surface area contributed by atoms with Gasteiger partial charge in [0, 0.05) is 30.1 Å². The van der Waals surface area contributed by atoms with Crippen LogP contribution in [0.25, 0.3) is 0 Å². The van der Waals surface area contributed by atoms with Crippen molar-refractivity contribution >= 4 is 15.9 Å². The monoisotopic (exact) mass is 254 g/mol. The molecule has 0 bridgehead atoms. The summed E-state index contributed by atoms with van der Waals surface area (Å²) in [5.41, 5.74) is 6.96. The van der Waals surface area contributed by atoms with E-state index in [1.165, 1.54) is 18.5 Å². The number of halogens is 1. The maximum Gasteiger partial charge on any atom is 0.0361 e. The van der Waals surface area contributed by atoms with Gasteiger partial charge in [0.2, 0.25) is 0 Å². The summed E-state index contributed by atoms with van der Waals surface area (Å²) in [4.78, 5) is 2.43. The summed E-state index contributed by atoms with van der Waals surface area (Å²) < 4.78 is 1.16. The maximum absolute atomic E-state index is 5.56. The van der Waals surface area contributed by atoms with Gasteiger partial charge in [-0.1, -0.05) is 28.1 Å². The number of hydrogen-bond donors (Lipinski definition) is 1. The second kappa shape index (κ2) is 4.43. The van der Waals surface area contributed by atoms with E-state index in [2.05, 4.69) is 45.1 Å². The van der Waals surface area contributed by atoms with E-state index in [1.807, 2.05) is 0 Å². The summed E-state index contributed by atoms with van der Waals surface area (Å²) in [6, 6.07) is 9.15. The van der Waals surface area contributed by atoms with E-state index in [4.69, 9.17) is 5.73 Å². The minimum absolute atomic E-state index is 0.594. The van der Waals surface area contributed by atoms with Gasteiger partial charge in [-0.25, -0.2) is 0 Å². The summed E-state index contributed by atoms with van der Waals surface area (Å²) in [6.45, 7) is 2.95. The molecule has 1 fully saturated rings. The van der Waals surface area contributed by atoms with Crippen molar-refractivity contribution in [1.29, 1.82) is 0 Å². The molecule has 14 heavy (non-hydrogen) atoms. The first kappa shape index (κ1) is 10.1. The SMILES string of the molecule is NCCN1CCC1c1cccc(Br)c1. The number of likely N-dealkylation sites (tertiary alicyclic amines) is 1. The van der Waals surface area contributed by atoms with E-state index in [9.17, 15) is 0 Å². The van der Waals surface area contributed by atoms with Crippen LogP contribution in [-0.2, 0) is 0 Å². The number of hydrogen-bond acceptors (Lipinski definition) is 2. The Morgan fingerprint density at radius 2 is 2.36 bits per heavy atom. The molecule has 3 heteroatoms. The molecule has 1 atom stereocenters. The maximum atomic E-state index is 5.56. The van der Waals surface area contributed by atoms with Gasteiger partial charge in [-0.05, 0) is 24.1 Å². The first-order chi connectivity index (χ1) is 6.81. The van der Waals surface area contributed by atoms with Gasteiger partial charge in [0.25, 0.3) is 0 Å². The Balaban J connectivity index is 2.08. The molecule has 1 aromatic rings. The first-order valence-corrected chi connectivity index (χ1v) is 5.80. The summed E-state index contributed by atoms with van der Waals surface area (Å²) in [5, 5.41) is 0. The minimum Gasteiger partial charge on any atom is -0.329 e. The fraction of sp³-hybridized carbons (Fsp3) is 0.455. The zero-order chi connectivity index (χ0) is 9.97. The van der Waals surface area contributed by atoms with Gasteiger partial charge in [0.05, 0.1) is 0 Å². The predicted octanol–water partition coefficient (Wildman–Crippen LogP) is 2.15. The van der Waals surface area contributed by atoms with Crippen LogP contribution in [0.2, 0.25) is 0 Å². The Bertz CT molecular complexity index is 314. The summed E-state index contributed by atoms with van der Waals surface area (Å²) in [5.74, 6) is 0. The Hall–Kier alpha value is -0.380. The van der Waals surface area contributed by atoms with Crippen molar-refractivity contribution in [2.24, 2.45) is 5.73 Å². The number of nitrogens with zero attached hydrogens (tertiary/aromatic N) is 1. The van der Waals surface area contributed by atoms with Crippen molar-refractivity contribution in [3.8, 4) is 0 Å². The minimum atomic E-state index is 0.594. The molecule has 0 radical (unpaired) electrons. The second-order valence-corrected chi connectivity index (χ2v) is 4.60. The molecule has 2 nitrogen and oxygen atoms in total. The van der Waals surface area contributed by atoms with Crippen molar-refractivity contribution in [2.75, 3.05) is 19.6 Å². The zero-order valence-corrected chi connectivity index (χ0v) is 9.70. The van der Waals surface area contributed by atoms with Gasteiger partial charge < -0.3 is 5.73 Å². The van der Waals surface area contributed by atoms with Crippen molar-refractivity contribution in [3.63, 3.8) is 0 Å². The Morgan fingerprint density at radius 1 is 1.50 bits per heavy atom. The van der Waals surface area contributed by atoms with Crippen LogP contribution in [0.4, 0.5) is 0 Å². The largest absolute Gasteiger partial charge is 0.329 e. The first-order valence-electron chi connectivity index (χ1n) is 5.01. The van der Waals surface area contributed by atoms with Crippen molar-refractivity contribution in [3.05, 3.63) is 34.3 Å². The lowest BCUT2D eigenvalue weighted by atomic mass is 9.95. The lowest BCUT2D eigenvalue weighted by Gasteiger charge is -2.41. The lowest BCUT2D eigenvalue weighted by Crippen LogP contribution is -2.43. The van der Waals surface area contributed by atoms with Crippen LogP contribution < -0.4 is 5.73 Å². The average Bonchev–Trinajstić information content (AvgIpc) is 2.12. The molecular weight excluding hydrogens is 240 g/mol. The fourth-order valence-electron chi connectivity index (χ4n) is 1.97. The third-order valence-electron chi connectivity index (χ3n) is 2.78. The Morgan fingerprint density at radius 3 is 2.93 bits per heavy atom. The van der Waals surface area contributed by atoms with Crippen LogP contribution >= 0.6 is 15.9 Å². The van der Waals surface area contributed by atoms with Crippen molar-refractivity contribution in [1.82, 2.24) is 4.90 Å². The standard InChI is InChI=1S/C11H15BrN2/c12-10-3-1-2-9(8-10)11-4-6-14(11)7-5-13/h1-3,8,11H,4-7,13H2. The van der Waals surface area contributed by atoms with E-state index in [1.54, 1.807) is 0 Å². The van der Waals surface area contributed by atoms with Gasteiger partial charge in [-0.15, -0.1) is 0 Å². The Labute approximate surface area is 93.2 Å². The van der Waals surface area contributed by atoms with Gasteiger partial charge in [-0.2, -0.15) is 0 Å². The molecule has 1 aliphatic rings. The Kier molecular flexibility index (Phi) is 3.21. The molecule has 1 unspecified atom stereocenters. The second-order valence-electron chi connectivity index (χ2n) is 3.68. The van der Waals surface area contributed by atoms with E-state index in [0.717, 1.165) is 17.6 Å². The molecule has 0 amide bonds. The molecule has 2 N–H and O–H groups in total. The molecule has 1 heterocycles. The highest BCUT2D eigenvalue weighted by atomic mass is 79.9.